The maximum atomic E-state index is 14.7. The van der Waals surface area contributed by atoms with Crippen molar-refractivity contribution in [1.82, 2.24) is 15.0 Å². The zero-order valence-corrected chi connectivity index (χ0v) is 13.8. The fourth-order valence-electron chi connectivity index (χ4n) is 2.42. The largest absolute Gasteiger partial charge is 0.501 e. The van der Waals surface area contributed by atoms with Crippen LogP contribution < -0.4 is 10.2 Å². The summed E-state index contributed by atoms with van der Waals surface area (Å²) in [5.41, 5.74) is -0.355. The molecule has 0 unspecified atom stereocenters. The quantitative estimate of drug-likeness (QED) is 0.806. The number of halogens is 1. The van der Waals surface area contributed by atoms with Gasteiger partial charge in [0.2, 0.25) is 0 Å². The smallest absolute Gasteiger partial charge is 0.497 e. The predicted octanol–water partition coefficient (Wildman–Crippen LogP) is 1.71. The summed E-state index contributed by atoms with van der Waals surface area (Å²) in [5.74, 6) is -0.137. The first-order valence-electron chi connectivity index (χ1n) is 7.35. The number of hydrogen-bond donors (Lipinski definition) is 0. The normalized spacial score (nSPS) is 19.1. The Morgan fingerprint density at radius 1 is 1.17 bits per heavy atom. The molecule has 0 saturated carbocycles. The van der Waals surface area contributed by atoms with Gasteiger partial charge in [-0.3, -0.25) is 0 Å². The van der Waals surface area contributed by atoms with Gasteiger partial charge in [-0.2, -0.15) is 0 Å². The van der Waals surface area contributed by atoms with Crippen LogP contribution in [0.1, 0.15) is 27.7 Å². The maximum absolute atomic E-state index is 14.7. The van der Waals surface area contributed by atoms with Gasteiger partial charge in [0.15, 0.2) is 0 Å². The Hall–Kier alpha value is -1.93. The molecule has 2 heterocycles. The minimum absolute atomic E-state index is 0.245. The van der Waals surface area contributed by atoms with Crippen LogP contribution in [0.3, 0.4) is 0 Å². The second-order valence-corrected chi connectivity index (χ2v) is 6.48. The van der Waals surface area contributed by atoms with Crippen molar-refractivity contribution in [1.29, 1.82) is 0 Å². The molecule has 0 bridgehead atoms. The number of benzene rings is 1. The third-order valence-electron chi connectivity index (χ3n) is 4.47. The van der Waals surface area contributed by atoms with Gasteiger partial charge in [-0.15, -0.1) is 5.10 Å². The van der Waals surface area contributed by atoms with Crippen molar-refractivity contribution >= 4 is 12.6 Å². The van der Waals surface area contributed by atoms with E-state index in [0.717, 1.165) is 0 Å². The van der Waals surface area contributed by atoms with E-state index in [0.29, 0.717) is 11.4 Å². The van der Waals surface area contributed by atoms with Gasteiger partial charge in [0.05, 0.1) is 41.9 Å². The van der Waals surface area contributed by atoms with Crippen LogP contribution in [0.5, 0.6) is 5.75 Å². The molecule has 3 rings (SSSR count). The number of methoxy groups -OCH3 is 1. The molecule has 1 saturated heterocycles. The average molecular weight is 319 g/mol. The zero-order valence-electron chi connectivity index (χ0n) is 13.8. The summed E-state index contributed by atoms with van der Waals surface area (Å²) < 4.78 is 33.4. The highest BCUT2D eigenvalue weighted by molar-refractivity contribution is 6.63. The first-order valence-corrected chi connectivity index (χ1v) is 7.35. The monoisotopic (exact) mass is 319 g/mol. The molecule has 0 N–H and O–H groups in total. The Bertz CT molecular complexity index is 703. The minimum Gasteiger partial charge on any atom is -0.497 e. The second kappa shape index (κ2) is 5.31. The summed E-state index contributed by atoms with van der Waals surface area (Å²) in [6, 6.07) is 3.04. The molecule has 8 heteroatoms. The Morgan fingerprint density at radius 3 is 2.35 bits per heavy atom. The molecule has 23 heavy (non-hydrogen) atoms. The standard InChI is InChI=1S/C15H19BFN3O3/c1-14(2)15(3,4)23-16(22-14)13-11(17)8-10(9-12(13)21-5)20-7-6-18-19-20/h6-9H,1-5H3. The van der Waals surface area contributed by atoms with Crippen LogP contribution in [0.4, 0.5) is 4.39 Å². The van der Waals surface area contributed by atoms with Crippen molar-refractivity contribution in [2.45, 2.75) is 38.9 Å². The molecule has 1 aliphatic rings. The SMILES string of the molecule is COc1cc(-n2ccnn2)cc(F)c1B1OC(C)(C)C(C)(C)O1. The summed E-state index contributed by atoms with van der Waals surface area (Å²) in [5, 5.41) is 7.58. The topological polar surface area (TPSA) is 58.4 Å². The highest BCUT2D eigenvalue weighted by atomic mass is 19.1. The van der Waals surface area contributed by atoms with Gasteiger partial charge in [0.25, 0.3) is 0 Å². The average Bonchev–Trinajstić information content (AvgIpc) is 3.05. The molecule has 0 amide bonds. The third kappa shape index (κ3) is 2.62. The lowest BCUT2D eigenvalue weighted by Gasteiger charge is -2.32. The van der Waals surface area contributed by atoms with E-state index in [1.807, 2.05) is 27.7 Å². The number of nitrogens with zero attached hydrogens (tertiary/aromatic N) is 3. The molecule has 2 aromatic rings. The van der Waals surface area contributed by atoms with Gasteiger partial charge < -0.3 is 14.0 Å². The maximum Gasteiger partial charge on any atom is 0.501 e. The molecule has 1 aliphatic heterocycles. The highest BCUT2D eigenvalue weighted by Gasteiger charge is 2.53. The molecule has 0 atom stereocenters. The second-order valence-electron chi connectivity index (χ2n) is 6.48. The van der Waals surface area contributed by atoms with Gasteiger partial charge in [-0.1, -0.05) is 5.21 Å². The lowest BCUT2D eigenvalue weighted by molar-refractivity contribution is 0.00578. The summed E-state index contributed by atoms with van der Waals surface area (Å²) in [7, 11) is 0.647. The van der Waals surface area contributed by atoms with Crippen molar-refractivity contribution in [2.24, 2.45) is 0 Å². The van der Waals surface area contributed by atoms with Crippen LogP contribution in [-0.4, -0.2) is 40.4 Å². The number of hydrogen-bond acceptors (Lipinski definition) is 5. The molecular formula is C15H19BFN3O3. The highest BCUT2D eigenvalue weighted by Crippen LogP contribution is 2.37. The van der Waals surface area contributed by atoms with Gasteiger partial charge in [-0.25, -0.2) is 9.07 Å². The summed E-state index contributed by atoms with van der Waals surface area (Å²) >= 11 is 0. The predicted molar refractivity (Wildman–Crippen MR) is 83.6 cm³/mol. The first kappa shape index (κ1) is 16.0. The van der Waals surface area contributed by atoms with Crippen molar-refractivity contribution in [3.8, 4) is 11.4 Å². The Morgan fingerprint density at radius 2 is 1.83 bits per heavy atom. The Labute approximate surface area is 134 Å². The van der Waals surface area contributed by atoms with Gasteiger partial charge in [0.1, 0.15) is 11.6 Å². The van der Waals surface area contributed by atoms with Gasteiger partial charge in [0, 0.05) is 6.07 Å². The molecule has 1 fully saturated rings. The lowest BCUT2D eigenvalue weighted by Crippen LogP contribution is -2.41. The number of ether oxygens (including phenoxy) is 1. The van der Waals surface area contributed by atoms with Crippen LogP contribution in [0, 0.1) is 5.82 Å². The van der Waals surface area contributed by atoms with Crippen molar-refractivity contribution < 1.29 is 18.4 Å². The van der Waals surface area contributed by atoms with Crippen LogP contribution >= 0.6 is 0 Å². The zero-order chi connectivity index (χ0) is 16.8. The van der Waals surface area contributed by atoms with E-state index < -0.39 is 24.1 Å². The Balaban J connectivity index is 2.04. The molecule has 6 nitrogen and oxygen atoms in total. The van der Waals surface area contributed by atoms with E-state index in [1.165, 1.54) is 24.1 Å². The fraction of sp³-hybridized carbons (Fsp3) is 0.467. The van der Waals surface area contributed by atoms with Crippen LogP contribution in [-0.2, 0) is 9.31 Å². The van der Waals surface area contributed by atoms with E-state index in [2.05, 4.69) is 10.3 Å². The van der Waals surface area contributed by atoms with Crippen molar-refractivity contribution in [2.75, 3.05) is 7.11 Å². The van der Waals surface area contributed by atoms with Gasteiger partial charge in [-0.05, 0) is 33.8 Å². The van der Waals surface area contributed by atoms with E-state index in [1.54, 1.807) is 12.3 Å². The minimum atomic E-state index is -0.834. The molecule has 122 valence electrons. The molecule has 0 spiro atoms. The van der Waals surface area contributed by atoms with E-state index >= 15 is 0 Å². The number of aromatic nitrogens is 3. The molecule has 0 aliphatic carbocycles. The Kier molecular flexibility index (Phi) is 3.69. The first-order chi connectivity index (χ1) is 10.7. The number of rotatable bonds is 3. The molecule has 1 aromatic carbocycles. The van der Waals surface area contributed by atoms with Crippen LogP contribution in [0.25, 0.3) is 5.69 Å². The summed E-state index contributed by atoms with van der Waals surface area (Å²) in [6.45, 7) is 7.67. The van der Waals surface area contributed by atoms with Crippen LogP contribution in [0.15, 0.2) is 24.5 Å². The molecule has 1 aromatic heterocycles. The van der Waals surface area contributed by atoms with Crippen molar-refractivity contribution in [3.05, 3.63) is 30.3 Å². The summed E-state index contributed by atoms with van der Waals surface area (Å²) in [6.07, 6.45) is 3.15. The molecular weight excluding hydrogens is 300 g/mol. The lowest BCUT2D eigenvalue weighted by atomic mass is 9.77. The van der Waals surface area contributed by atoms with Crippen LogP contribution in [0.2, 0.25) is 0 Å². The fourth-order valence-corrected chi connectivity index (χ4v) is 2.42. The van der Waals surface area contributed by atoms with Gasteiger partial charge >= 0.3 is 7.12 Å². The third-order valence-corrected chi connectivity index (χ3v) is 4.47. The van der Waals surface area contributed by atoms with E-state index in [-0.39, 0.29) is 5.46 Å². The van der Waals surface area contributed by atoms with E-state index in [4.69, 9.17) is 14.0 Å². The van der Waals surface area contributed by atoms with E-state index in [9.17, 15) is 4.39 Å². The summed E-state index contributed by atoms with van der Waals surface area (Å²) in [4.78, 5) is 0. The van der Waals surface area contributed by atoms with Crippen molar-refractivity contribution in [3.63, 3.8) is 0 Å². The molecule has 0 radical (unpaired) electrons.